The molecule has 1 atom stereocenters. The first-order chi connectivity index (χ1) is 13.2. The molecule has 0 saturated heterocycles. The fraction of sp³-hybridized carbons (Fsp3) is 0.318. The molecule has 2 rings (SSSR count). The maximum atomic E-state index is 12.7. The van der Waals surface area contributed by atoms with Gasteiger partial charge in [0.15, 0.2) is 0 Å². The molecule has 0 spiro atoms. The number of carbonyl (C=O) groups excluding carboxylic acids is 3. The Labute approximate surface area is 165 Å². The Morgan fingerprint density at radius 3 is 1.89 bits per heavy atom. The first kappa shape index (κ1) is 21.2. The number of aryl methyl sites for hydroxylation is 1. The number of nitrogens with one attached hydrogen (secondary N) is 2. The molecule has 0 fully saturated rings. The summed E-state index contributed by atoms with van der Waals surface area (Å²) in [6.45, 7) is 5.69. The molecule has 0 heterocycles. The molecular formula is C22H27N3O3. The van der Waals surface area contributed by atoms with Crippen molar-refractivity contribution < 1.29 is 14.4 Å². The molecule has 0 aliphatic heterocycles. The molecule has 6 heteroatoms. The van der Waals surface area contributed by atoms with Crippen molar-refractivity contribution in [3.05, 3.63) is 65.2 Å². The average Bonchev–Trinajstić information content (AvgIpc) is 2.66. The van der Waals surface area contributed by atoms with Gasteiger partial charge in [0.05, 0.1) is 0 Å². The number of hydrogen-bond acceptors (Lipinski definition) is 3. The van der Waals surface area contributed by atoms with Crippen molar-refractivity contribution in [2.24, 2.45) is 5.92 Å². The third-order valence-corrected chi connectivity index (χ3v) is 4.36. The Morgan fingerprint density at radius 2 is 1.39 bits per heavy atom. The zero-order chi connectivity index (χ0) is 20.8. The fourth-order valence-electron chi connectivity index (χ4n) is 2.64. The number of carbonyl (C=O) groups is 3. The molecule has 2 aromatic carbocycles. The molecule has 3 amide bonds. The van der Waals surface area contributed by atoms with Crippen LogP contribution in [0.3, 0.4) is 0 Å². The summed E-state index contributed by atoms with van der Waals surface area (Å²) in [5.74, 6) is -0.796. The van der Waals surface area contributed by atoms with Gasteiger partial charge < -0.3 is 15.5 Å². The van der Waals surface area contributed by atoms with Crippen LogP contribution in [0, 0.1) is 12.8 Å². The maximum absolute atomic E-state index is 12.7. The van der Waals surface area contributed by atoms with E-state index in [2.05, 4.69) is 10.6 Å². The minimum Gasteiger partial charge on any atom is -0.345 e. The van der Waals surface area contributed by atoms with E-state index in [0.717, 1.165) is 5.56 Å². The van der Waals surface area contributed by atoms with Crippen molar-refractivity contribution in [3.8, 4) is 0 Å². The molecule has 148 valence electrons. The zero-order valence-electron chi connectivity index (χ0n) is 16.9. The molecule has 28 heavy (non-hydrogen) atoms. The van der Waals surface area contributed by atoms with Gasteiger partial charge in [-0.2, -0.15) is 0 Å². The predicted octanol–water partition coefficient (Wildman–Crippen LogP) is 3.09. The average molecular weight is 381 g/mol. The second-order valence-corrected chi connectivity index (χ2v) is 7.33. The molecule has 0 aromatic heterocycles. The molecule has 0 aliphatic carbocycles. The smallest absolute Gasteiger partial charge is 0.253 e. The van der Waals surface area contributed by atoms with Gasteiger partial charge in [-0.15, -0.1) is 0 Å². The van der Waals surface area contributed by atoms with E-state index in [-0.39, 0.29) is 23.6 Å². The van der Waals surface area contributed by atoms with Crippen molar-refractivity contribution in [2.45, 2.75) is 26.8 Å². The number of anilines is 1. The monoisotopic (exact) mass is 381 g/mol. The third kappa shape index (κ3) is 5.42. The quantitative estimate of drug-likeness (QED) is 0.807. The van der Waals surface area contributed by atoms with E-state index < -0.39 is 6.04 Å². The van der Waals surface area contributed by atoms with Gasteiger partial charge in [0, 0.05) is 30.9 Å². The number of benzene rings is 2. The lowest BCUT2D eigenvalue weighted by molar-refractivity contribution is -0.118. The first-order valence-electron chi connectivity index (χ1n) is 9.19. The highest BCUT2D eigenvalue weighted by Gasteiger charge is 2.25. The van der Waals surface area contributed by atoms with Crippen LogP contribution in [0.25, 0.3) is 0 Å². The summed E-state index contributed by atoms with van der Waals surface area (Å²) in [5.41, 5.74) is 2.67. The Balaban J connectivity index is 2.07. The van der Waals surface area contributed by atoms with Crippen LogP contribution in [0.15, 0.2) is 48.5 Å². The van der Waals surface area contributed by atoms with E-state index >= 15 is 0 Å². The van der Waals surface area contributed by atoms with E-state index in [9.17, 15) is 14.4 Å². The summed E-state index contributed by atoms with van der Waals surface area (Å²) >= 11 is 0. The highest BCUT2D eigenvalue weighted by molar-refractivity contribution is 6.01. The zero-order valence-corrected chi connectivity index (χ0v) is 16.9. The van der Waals surface area contributed by atoms with Gasteiger partial charge in [-0.1, -0.05) is 31.5 Å². The largest absolute Gasteiger partial charge is 0.345 e. The topological polar surface area (TPSA) is 78.5 Å². The standard InChI is InChI=1S/C22H27N3O3/c1-14(2)19(24-20(26)16-8-6-15(3)7-9-16)21(27)23-18-12-10-17(11-13-18)22(28)25(4)5/h6-14,19H,1-5H3,(H,23,27)(H,24,26). The molecule has 6 nitrogen and oxygen atoms in total. The summed E-state index contributed by atoms with van der Waals surface area (Å²) in [7, 11) is 3.37. The van der Waals surface area contributed by atoms with Gasteiger partial charge in [0.2, 0.25) is 5.91 Å². The lowest BCUT2D eigenvalue weighted by Crippen LogP contribution is -2.47. The van der Waals surface area contributed by atoms with Crippen molar-refractivity contribution in [3.63, 3.8) is 0 Å². The van der Waals surface area contributed by atoms with Crippen molar-refractivity contribution in [2.75, 3.05) is 19.4 Å². The minimum absolute atomic E-state index is 0.0935. The first-order valence-corrected chi connectivity index (χ1v) is 9.19. The van der Waals surface area contributed by atoms with Crippen LogP contribution in [0.5, 0.6) is 0 Å². The van der Waals surface area contributed by atoms with Gasteiger partial charge >= 0.3 is 0 Å². The van der Waals surface area contributed by atoms with Gasteiger partial charge in [0.25, 0.3) is 11.8 Å². The highest BCUT2D eigenvalue weighted by atomic mass is 16.2. The molecule has 1 unspecified atom stereocenters. The minimum atomic E-state index is -0.683. The predicted molar refractivity (Wildman–Crippen MR) is 110 cm³/mol. The Morgan fingerprint density at radius 1 is 0.857 bits per heavy atom. The summed E-state index contributed by atoms with van der Waals surface area (Å²) in [6, 6.07) is 13.2. The molecule has 0 radical (unpaired) electrons. The fourth-order valence-corrected chi connectivity index (χ4v) is 2.64. The second kappa shape index (κ2) is 9.17. The van der Waals surface area contributed by atoms with Crippen LogP contribution in [0.2, 0.25) is 0 Å². The molecule has 0 aliphatic rings. The lowest BCUT2D eigenvalue weighted by atomic mass is 10.0. The SMILES string of the molecule is Cc1ccc(C(=O)NC(C(=O)Nc2ccc(C(=O)N(C)C)cc2)C(C)C)cc1. The van der Waals surface area contributed by atoms with Gasteiger partial charge in [0.1, 0.15) is 6.04 Å². The van der Waals surface area contributed by atoms with Crippen LogP contribution in [-0.2, 0) is 4.79 Å². The van der Waals surface area contributed by atoms with Gasteiger partial charge in [-0.25, -0.2) is 0 Å². The van der Waals surface area contributed by atoms with E-state index in [4.69, 9.17) is 0 Å². The van der Waals surface area contributed by atoms with Crippen molar-refractivity contribution in [1.29, 1.82) is 0 Å². The maximum Gasteiger partial charge on any atom is 0.253 e. The Kier molecular flexibility index (Phi) is 6.93. The Hall–Kier alpha value is -3.15. The summed E-state index contributed by atoms with van der Waals surface area (Å²) < 4.78 is 0. The third-order valence-electron chi connectivity index (χ3n) is 4.36. The second-order valence-electron chi connectivity index (χ2n) is 7.33. The van der Waals surface area contributed by atoms with Crippen molar-refractivity contribution >= 4 is 23.4 Å². The van der Waals surface area contributed by atoms with Crippen LogP contribution in [0.1, 0.15) is 40.1 Å². The van der Waals surface area contributed by atoms with E-state index in [1.54, 1.807) is 50.5 Å². The molecule has 0 saturated carbocycles. The number of nitrogens with zero attached hydrogens (tertiary/aromatic N) is 1. The van der Waals surface area contributed by atoms with E-state index in [1.165, 1.54) is 4.90 Å². The van der Waals surface area contributed by atoms with E-state index in [1.807, 2.05) is 32.9 Å². The molecular weight excluding hydrogens is 354 g/mol. The Bertz CT molecular complexity index is 840. The lowest BCUT2D eigenvalue weighted by Gasteiger charge is -2.22. The number of amides is 3. The van der Waals surface area contributed by atoms with Crippen LogP contribution in [0.4, 0.5) is 5.69 Å². The van der Waals surface area contributed by atoms with Crippen molar-refractivity contribution in [1.82, 2.24) is 10.2 Å². The highest BCUT2D eigenvalue weighted by Crippen LogP contribution is 2.13. The molecule has 2 N–H and O–H groups in total. The van der Waals surface area contributed by atoms with Crippen LogP contribution < -0.4 is 10.6 Å². The van der Waals surface area contributed by atoms with E-state index in [0.29, 0.717) is 16.8 Å². The van der Waals surface area contributed by atoms with Crippen LogP contribution >= 0.6 is 0 Å². The molecule has 2 aromatic rings. The summed E-state index contributed by atoms with van der Waals surface area (Å²) in [4.78, 5) is 38.6. The van der Waals surface area contributed by atoms with Gasteiger partial charge in [-0.3, -0.25) is 14.4 Å². The number of rotatable bonds is 6. The summed E-state index contributed by atoms with van der Waals surface area (Å²) in [6.07, 6.45) is 0. The summed E-state index contributed by atoms with van der Waals surface area (Å²) in [5, 5.41) is 5.61. The molecule has 0 bridgehead atoms. The van der Waals surface area contributed by atoms with Crippen LogP contribution in [-0.4, -0.2) is 42.8 Å². The normalized spacial score (nSPS) is 11.6. The number of hydrogen-bond donors (Lipinski definition) is 2. The van der Waals surface area contributed by atoms with Gasteiger partial charge in [-0.05, 0) is 49.2 Å².